The van der Waals surface area contributed by atoms with Crippen molar-refractivity contribution >= 4 is 46.1 Å². The molecule has 0 radical (unpaired) electrons. The molecule has 0 saturated carbocycles. The number of halogens is 1. The van der Waals surface area contributed by atoms with Crippen LogP contribution in [0, 0.1) is 0 Å². The van der Waals surface area contributed by atoms with Crippen LogP contribution in [0.1, 0.15) is 9.67 Å². The van der Waals surface area contributed by atoms with Crippen molar-refractivity contribution in [3.8, 4) is 0 Å². The molecule has 1 fully saturated rings. The van der Waals surface area contributed by atoms with E-state index in [0.717, 1.165) is 0 Å². The first-order valence-electron chi connectivity index (χ1n) is 5.03. The van der Waals surface area contributed by atoms with Crippen molar-refractivity contribution in [2.45, 2.75) is 6.10 Å². The molecular weight excluding hydrogens is 280 g/mol. The van der Waals surface area contributed by atoms with E-state index in [0.29, 0.717) is 28.9 Å². The van der Waals surface area contributed by atoms with Crippen LogP contribution in [0.4, 0.5) is 0 Å². The zero-order valence-electron chi connectivity index (χ0n) is 8.89. The number of morpholine rings is 1. The summed E-state index contributed by atoms with van der Waals surface area (Å²) in [5, 5.41) is 0. The summed E-state index contributed by atoms with van der Waals surface area (Å²) in [7, 11) is 0. The highest BCUT2D eigenvalue weighted by Crippen LogP contribution is 2.23. The summed E-state index contributed by atoms with van der Waals surface area (Å²) in [6.07, 6.45) is -0.349. The van der Waals surface area contributed by atoms with E-state index in [1.807, 2.05) is 0 Å². The number of carbonyl (C=O) groups excluding carboxylic acids is 1. The smallest absolute Gasteiger partial charge is 0.264 e. The lowest BCUT2D eigenvalue weighted by atomic mass is 10.2. The van der Waals surface area contributed by atoms with E-state index in [-0.39, 0.29) is 17.0 Å². The van der Waals surface area contributed by atoms with Crippen molar-refractivity contribution in [1.29, 1.82) is 0 Å². The lowest BCUT2D eigenvalue weighted by Crippen LogP contribution is -2.49. The molecule has 4 nitrogen and oxygen atoms in total. The number of carbonyl (C=O) groups is 1. The third-order valence-electron chi connectivity index (χ3n) is 2.45. The van der Waals surface area contributed by atoms with Crippen molar-refractivity contribution in [3.63, 3.8) is 0 Å². The number of ether oxygens (including phenoxy) is 1. The second kappa shape index (κ2) is 5.30. The summed E-state index contributed by atoms with van der Waals surface area (Å²) < 4.78 is 5.98. The minimum atomic E-state index is -0.349. The Balaban J connectivity index is 2.07. The maximum absolute atomic E-state index is 12.1. The molecule has 1 aliphatic heterocycles. The van der Waals surface area contributed by atoms with Crippen molar-refractivity contribution in [2.75, 3.05) is 19.7 Å². The van der Waals surface area contributed by atoms with Gasteiger partial charge in [-0.05, 0) is 12.1 Å². The Kier molecular flexibility index (Phi) is 3.98. The Bertz CT molecular complexity index is 449. The number of hydrogen-bond donors (Lipinski definition) is 1. The summed E-state index contributed by atoms with van der Waals surface area (Å²) in [5.74, 6) is -0.0496. The summed E-state index contributed by atoms with van der Waals surface area (Å²) in [6, 6.07) is 3.44. The minimum Gasteiger partial charge on any atom is -0.391 e. The van der Waals surface area contributed by atoms with Gasteiger partial charge in [-0.2, -0.15) is 0 Å². The molecular formula is C10H11ClN2O2S2. The van der Waals surface area contributed by atoms with Gasteiger partial charge in [0.05, 0.1) is 22.4 Å². The van der Waals surface area contributed by atoms with E-state index >= 15 is 0 Å². The lowest BCUT2D eigenvalue weighted by molar-refractivity contribution is 0.00903. The zero-order chi connectivity index (χ0) is 12.4. The fourth-order valence-electron chi connectivity index (χ4n) is 1.59. The predicted molar refractivity (Wildman–Crippen MR) is 71.8 cm³/mol. The molecule has 0 aromatic carbocycles. The first kappa shape index (κ1) is 12.8. The maximum atomic E-state index is 12.1. The molecule has 2 heterocycles. The van der Waals surface area contributed by atoms with Crippen molar-refractivity contribution in [3.05, 3.63) is 21.3 Å². The molecule has 1 amide bonds. The summed E-state index contributed by atoms with van der Waals surface area (Å²) in [5.41, 5.74) is 5.52. The van der Waals surface area contributed by atoms with E-state index in [1.165, 1.54) is 11.3 Å². The SMILES string of the molecule is NC(=S)C1CN(C(=O)c2ccc(Cl)s2)CCO1. The van der Waals surface area contributed by atoms with Crippen LogP contribution in [0.15, 0.2) is 12.1 Å². The second-order valence-electron chi connectivity index (χ2n) is 3.62. The molecule has 1 saturated heterocycles. The molecule has 0 spiro atoms. The molecule has 7 heteroatoms. The van der Waals surface area contributed by atoms with Crippen LogP contribution in [0.5, 0.6) is 0 Å². The molecule has 1 aromatic rings. The zero-order valence-corrected chi connectivity index (χ0v) is 11.3. The van der Waals surface area contributed by atoms with E-state index in [2.05, 4.69) is 0 Å². The number of nitrogens with zero attached hydrogens (tertiary/aromatic N) is 1. The number of rotatable bonds is 2. The van der Waals surface area contributed by atoms with Crippen LogP contribution in [-0.4, -0.2) is 41.6 Å². The van der Waals surface area contributed by atoms with E-state index in [9.17, 15) is 4.79 Å². The summed E-state index contributed by atoms with van der Waals surface area (Å²) >= 11 is 11.9. The van der Waals surface area contributed by atoms with Gasteiger partial charge in [0.1, 0.15) is 11.1 Å². The van der Waals surface area contributed by atoms with E-state index in [4.69, 9.17) is 34.3 Å². The molecule has 0 bridgehead atoms. The highest BCUT2D eigenvalue weighted by Gasteiger charge is 2.27. The Morgan fingerprint density at radius 2 is 2.41 bits per heavy atom. The van der Waals surface area contributed by atoms with Crippen molar-refractivity contribution in [2.24, 2.45) is 5.73 Å². The molecule has 1 aromatic heterocycles. The van der Waals surface area contributed by atoms with Gasteiger partial charge >= 0.3 is 0 Å². The Morgan fingerprint density at radius 1 is 1.65 bits per heavy atom. The third-order valence-corrected chi connectivity index (χ3v) is 3.94. The van der Waals surface area contributed by atoms with Gasteiger partial charge in [0.2, 0.25) is 0 Å². The number of hydrogen-bond acceptors (Lipinski definition) is 4. The Hall–Kier alpha value is -0.690. The van der Waals surface area contributed by atoms with Gasteiger partial charge in [-0.15, -0.1) is 11.3 Å². The van der Waals surface area contributed by atoms with Crippen LogP contribution in [0.3, 0.4) is 0 Å². The maximum Gasteiger partial charge on any atom is 0.264 e. The Morgan fingerprint density at radius 3 is 3.00 bits per heavy atom. The second-order valence-corrected chi connectivity index (χ2v) is 5.80. The van der Waals surface area contributed by atoms with Gasteiger partial charge in [-0.3, -0.25) is 4.79 Å². The molecule has 17 heavy (non-hydrogen) atoms. The van der Waals surface area contributed by atoms with Gasteiger partial charge in [-0.1, -0.05) is 23.8 Å². The highest BCUT2D eigenvalue weighted by atomic mass is 35.5. The minimum absolute atomic E-state index is 0.0496. The van der Waals surface area contributed by atoms with Crippen LogP contribution < -0.4 is 5.73 Å². The standard InChI is InChI=1S/C10H11ClN2O2S2/c11-8-2-1-7(17-8)10(14)13-3-4-15-6(5-13)9(12)16/h1-2,6H,3-5H2,(H2,12,16). The van der Waals surface area contributed by atoms with Gasteiger partial charge in [0, 0.05) is 6.54 Å². The Labute approximate surface area is 113 Å². The van der Waals surface area contributed by atoms with Crippen molar-refractivity contribution in [1.82, 2.24) is 4.90 Å². The quantitative estimate of drug-likeness (QED) is 0.839. The normalized spacial score (nSPS) is 20.3. The van der Waals surface area contributed by atoms with E-state index in [1.54, 1.807) is 17.0 Å². The van der Waals surface area contributed by atoms with Gasteiger partial charge in [0.15, 0.2) is 0 Å². The summed E-state index contributed by atoms with van der Waals surface area (Å²) in [4.78, 5) is 14.7. The van der Waals surface area contributed by atoms with Crippen LogP contribution in [0.25, 0.3) is 0 Å². The lowest BCUT2D eigenvalue weighted by Gasteiger charge is -2.32. The molecule has 1 atom stereocenters. The average molecular weight is 291 g/mol. The average Bonchev–Trinajstić information content (AvgIpc) is 2.75. The highest BCUT2D eigenvalue weighted by molar-refractivity contribution is 7.80. The first-order chi connectivity index (χ1) is 8.08. The molecule has 2 N–H and O–H groups in total. The van der Waals surface area contributed by atoms with Gasteiger partial charge in [-0.25, -0.2) is 0 Å². The molecule has 0 aliphatic carbocycles. The molecule has 92 valence electrons. The van der Waals surface area contributed by atoms with E-state index < -0.39 is 0 Å². The summed E-state index contributed by atoms with van der Waals surface area (Å²) in [6.45, 7) is 1.41. The van der Waals surface area contributed by atoms with Gasteiger partial charge in [0.25, 0.3) is 5.91 Å². The first-order valence-corrected chi connectivity index (χ1v) is 6.63. The number of amides is 1. The molecule has 1 aliphatic rings. The monoisotopic (exact) mass is 290 g/mol. The molecule has 1 unspecified atom stereocenters. The number of nitrogens with two attached hydrogens (primary N) is 1. The number of thiophene rings is 1. The van der Waals surface area contributed by atoms with Crippen molar-refractivity contribution < 1.29 is 9.53 Å². The van der Waals surface area contributed by atoms with Crippen LogP contribution >= 0.6 is 35.2 Å². The largest absolute Gasteiger partial charge is 0.391 e. The van der Waals surface area contributed by atoms with Gasteiger partial charge < -0.3 is 15.4 Å². The van der Waals surface area contributed by atoms with Crippen LogP contribution in [0.2, 0.25) is 4.34 Å². The predicted octanol–water partition coefficient (Wildman–Crippen LogP) is 1.53. The van der Waals surface area contributed by atoms with Crippen LogP contribution in [-0.2, 0) is 4.74 Å². The third kappa shape index (κ3) is 2.95. The number of thiocarbonyl (C=S) groups is 1. The molecule has 2 rings (SSSR count). The fraction of sp³-hybridized carbons (Fsp3) is 0.400. The topological polar surface area (TPSA) is 55.6 Å². The fourth-order valence-corrected chi connectivity index (χ4v) is 2.74.